The number of Topliss-reactive ketones (excluding diaryl/α,β-unsaturated/α-hetero) is 1. The first-order chi connectivity index (χ1) is 8.69. The van der Waals surface area contributed by atoms with Crippen LogP contribution < -0.4 is 4.74 Å². The molecule has 0 saturated carbocycles. The number of halogens is 1. The lowest BCUT2D eigenvalue weighted by Crippen LogP contribution is -2.40. The van der Waals surface area contributed by atoms with Crippen LogP contribution in [-0.2, 0) is 15.6 Å². The molecule has 1 heterocycles. The van der Waals surface area contributed by atoms with E-state index in [4.69, 9.17) is 4.74 Å². The SMILES string of the molecule is CC(C)(C)c1cccc2c1OC(C(=O)CBr)C2(C)C. The molecule has 0 radical (unpaired) electrons. The lowest BCUT2D eigenvalue weighted by atomic mass is 9.77. The van der Waals surface area contributed by atoms with Crippen LogP contribution in [0.25, 0.3) is 0 Å². The van der Waals surface area contributed by atoms with Gasteiger partial charge in [-0.05, 0) is 11.0 Å². The van der Waals surface area contributed by atoms with Crippen molar-refractivity contribution in [3.05, 3.63) is 29.3 Å². The molecule has 0 N–H and O–H groups in total. The van der Waals surface area contributed by atoms with E-state index in [1.165, 1.54) is 5.56 Å². The number of hydrogen-bond acceptors (Lipinski definition) is 2. The summed E-state index contributed by atoms with van der Waals surface area (Å²) in [7, 11) is 0. The fraction of sp³-hybridized carbons (Fsp3) is 0.562. The average molecular weight is 325 g/mol. The lowest BCUT2D eigenvalue weighted by molar-refractivity contribution is -0.124. The molecular weight excluding hydrogens is 304 g/mol. The molecule has 1 aromatic rings. The van der Waals surface area contributed by atoms with Gasteiger partial charge >= 0.3 is 0 Å². The van der Waals surface area contributed by atoms with Gasteiger partial charge in [-0.15, -0.1) is 0 Å². The van der Waals surface area contributed by atoms with E-state index in [1.54, 1.807) is 0 Å². The van der Waals surface area contributed by atoms with Gasteiger partial charge in [-0.25, -0.2) is 0 Å². The Hall–Kier alpha value is -0.830. The van der Waals surface area contributed by atoms with Crippen LogP contribution in [-0.4, -0.2) is 17.2 Å². The van der Waals surface area contributed by atoms with Crippen LogP contribution in [0.1, 0.15) is 45.7 Å². The summed E-state index contributed by atoms with van der Waals surface area (Å²) in [5, 5.41) is 0.333. The highest BCUT2D eigenvalue weighted by molar-refractivity contribution is 9.09. The highest BCUT2D eigenvalue weighted by Crippen LogP contribution is 2.47. The second-order valence-corrected chi connectivity index (χ2v) is 7.31. The number of alkyl halides is 1. The van der Waals surface area contributed by atoms with Crippen LogP contribution in [0.15, 0.2) is 18.2 Å². The second kappa shape index (κ2) is 4.62. The summed E-state index contributed by atoms with van der Waals surface area (Å²) in [5.41, 5.74) is 2.04. The second-order valence-electron chi connectivity index (χ2n) is 6.75. The molecule has 3 heteroatoms. The van der Waals surface area contributed by atoms with Gasteiger partial charge in [0.15, 0.2) is 11.9 Å². The lowest BCUT2D eigenvalue weighted by Gasteiger charge is -2.23. The molecule has 1 aliphatic rings. The highest BCUT2D eigenvalue weighted by atomic mass is 79.9. The zero-order valence-corrected chi connectivity index (χ0v) is 13.8. The van der Waals surface area contributed by atoms with E-state index in [-0.39, 0.29) is 16.6 Å². The molecule has 1 atom stereocenters. The number of hydrogen-bond donors (Lipinski definition) is 0. The summed E-state index contributed by atoms with van der Waals surface area (Å²) in [6.07, 6.45) is -0.398. The van der Waals surface area contributed by atoms with Crippen molar-refractivity contribution >= 4 is 21.7 Å². The van der Waals surface area contributed by atoms with Crippen molar-refractivity contribution in [3.63, 3.8) is 0 Å². The topological polar surface area (TPSA) is 26.3 Å². The van der Waals surface area contributed by atoms with Crippen molar-refractivity contribution in [2.75, 3.05) is 5.33 Å². The van der Waals surface area contributed by atoms with Gasteiger partial charge in [-0.1, -0.05) is 68.7 Å². The molecule has 104 valence electrons. The number of ketones is 1. The Balaban J connectivity index is 2.56. The van der Waals surface area contributed by atoms with Gasteiger partial charge in [0, 0.05) is 11.0 Å². The van der Waals surface area contributed by atoms with E-state index in [9.17, 15) is 4.79 Å². The molecule has 0 aliphatic carbocycles. The number of benzene rings is 1. The molecule has 2 nitrogen and oxygen atoms in total. The van der Waals surface area contributed by atoms with Gasteiger partial charge < -0.3 is 4.74 Å². The molecule has 0 aromatic heterocycles. The normalized spacial score (nSPS) is 20.8. The van der Waals surface area contributed by atoms with Crippen molar-refractivity contribution in [2.45, 2.75) is 51.6 Å². The van der Waals surface area contributed by atoms with E-state index < -0.39 is 6.10 Å². The van der Waals surface area contributed by atoms with E-state index in [0.29, 0.717) is 5.33 Å². The Morgan fingerprint density at radius 2 is 2.00 bits per heavy atom. The van der Waals surface area contributed by atoms with Gasteiger partial charge in [-0.2, -0.15) is 0 Å². The first-order valence-corrected chi connectivity index (χ1v) is 7.71. The molecule has 2 rings (SSSR count). The first-order valence-electron chi connectivity index (χ1n) is 6.59. The van der Waals surface area contributed by atoms with Crippen molar-refractivity contribution in [1.82, 2.24) is 0 Å². The molecule has 1 aromatic carbocycles. The van der Waals surface area contributed by atoms with Crippen LogP contribution in [0.4, 0.5) is 0 Å². The predicted octanol–water partition coefficient (Wildman–Crippen LogP) is 3.99. The van der Waals surface area contributed by atoms with E-state index in [1.807, 2.05) is 0 Å². The summed E-state index contributed by atoms with van der Waals surface area (Å²) >= 11 is 3.25. The smallest absolute Gasteiger partial charge is 0.184 e. The summed E-state index contributed by atoms with van der Waals surface area (Å²) in [6.45, 7) is 10.7. The van der Waals surface area contributed by atoms with Crippen molar-refractivity contribution in [2.24, 2.45) is 0 Å². The summed E-state index contributed by atoms with van der Waals surface area (Å²) in [5.74, 6) is 1.00. The minimum atomic E-state index is -0.398. The minimum absolute atomic E-state index is 0.00770. The number of ether oxygens (including phenoxy) is 1. The number of carbonyl (C=O) groups excluding carboxylic acids is 1. The maximum Gasteiger partial charge on any atom is 0.184 e. The first kappa shape index (κ1) is 14.6. The molecular formula is C16H21BrO2. The molecule has 19 heavy (non-hydrogen) atoms. The molecule has 0 amide bonds. The Bertz CT molecular complexity index is 512. The number of para-hydroxylation sites is 1. The summed E-state index contributed by atoms with van der Waals surface area (Å²) < 4.78 is 6.05. The van der Waals surface area contributed by atoms with Gasteiger partial charge in [0.05, 0.1) is 5.33 Å². The van der Waals surface area contributed by atoms with E-state index in [0.717, 1.165) is 11.3 Å². The van der Waals surface area contributed by atoms with Gasteiger partial charge in [-0.3, -0.25) is 4.79 Å². The van der Waals surface area contributed by atoms with Crippen LogP contribution in [0.3, 0.4) is 0 Å². The highest BCUT2D eigenvalue weighted by Gasteiger charge is 2.46. The fourth-order valence-electron chi connectivity index (χ4n) is 2.71. The zero-order chi connectivity index (χ0) is 14.4. The maximum atomic E-state index is 12.1. The number of carbonyl (C=O) groups is 1. The van der Waals surface area contributed by atoms with Crippen LogP contribution in [0.5, 0.6) is 5.75 Å². The third kappa shape index (κ3) is 2.33. The summed E-state index contributed by atoms with van der Waals surface area (Å²) in [6, 6.07) is 6.23. The van der Waals surface area contributed by atoms with Gasteiger partial charge in [0.1, 0.15) is 5.75 Å². The Kier molecular flexibility index (Phi) is 3.54. The molecule has 0 spiro atoms. The monoisotopic (exact) mass is 324 g/mol. The molecule has 1 unspecified atom stereocenters. The third-order valence-electron chi connectivity index (χ3n) is 3.83. The Morgan fingerprint density at radius 3 is 2.53 bits per heavy atom. The molecule has 0 saturated heterocycles. The van der Waals surface area contributed by atoms with Gasteiger partial charge in [0.2, 0.25) is 0 Å². The Labute approximate surface area is 123 Å². The van der Waals surface area contributed by atoms with Crippen molar-refractivity contribution in [3.8, 4) is 5.75 Å². The van der Waals surface area contributed by atoms with E-state index in [2.05, 4.69) is 68.7 Å². The number of fused-ring (bicyclic) bond motifs is 1. The average Bonchev–Trinajstić information content (AvgIpc) is 2.59. The quantitative estimate of drug-likeness (QED) is 0.769. The third-order valence-corrected chi connectivity index (χ3v) is 4.39. The molecule has 0 fully saturated rings. The summed E-state index contributed by atoms with van der Waals surface area (Å²) in [4.78, 5) is 12.1. The largest absolute Gasteiger partial charge is 0.481 e. The minimum Gasteiger partial charge on any atom is -0.481 e. The maximum absolute atomic E-state index is 12.1. The van der Waals surface area contributed by atoms with Crippen LogP contribution in [0.2, 0.25) is 0 Å². The van der Waals surface area contributed by atoms with E-state index >= 15 is 0 Å². The standard InChI is InChI=1S/C16H21BrO2/c1-15(2,3)10-7-6-8-11-13(10)19-14(12(18)9-17)16(11,4)5/h6-8,14H,9H2,1-5H3. The van der Waals surface area contributed by atoms with Crippen molar-refractivity contribution < 1.29 is 9.53 Å². The fourth-order valence-corrected chi connectivity index (χ4v) is 3.00. The Morgan fingerprint density at radius 1 is 1.37 bits per heavy atom. The number of rotatable bonds is 2. The molecule has 1 aliphatic heterocycles. The molecule has 0 bridgehead atoms. The zero-order valence-electron chi connectivity index (χ0n) is 12.2. The van der Waals surface area contributed by atoms with Gasteiger partial charge in [0.25, 0.3) is 0 Å². The van der Waals surface area contributed by atoms with Crippen molar-refractivity contribution in [1.29, 1.82) is 0 Å². The van der Waals surface area contributed by atoms with Crippen LogP contribution in [0, 0.1) is 0 Å². The predicted molar refractivity (Wildman–Crippen MR) is 81.4 cm³/mol. The van der Waals surface area contributed by atoms with Crippen LogP contribution >= 0.6 is 15.9 Å².